The van der Waals surface area contributed by atoms with Crippen LogP contribution in [0, 0.1) is 0 Å². The van der Waals surface area contributed by atoms with E-state index >= 15 is 0 Å². The summed E-state index contributed by atoms with van der Waals surface area (Å²) in [4.78, 5) is 52.6. The molecule has 3 amide bonds. The minimum Gasteiger partial charge on any atom is -0.343 e. The number of anilines is 2. The van der Waals surface area contributed by atoms with Crippen molar-refractivity contribution in [3.05, 3.63) is 95.5 Å². The van der Waals surface area contributed by atoms with Gasteiger partial charge in [-0.25, -0.2) is 4.98 Å². The van der Waals surface area contributed by atoms with Gasteiger partial charge in [0.15, 0.2) is 0 Å². The third kappa shape index (κ3) is 5.66. The second kappa shape index (κ2) is 12.0. The van der Waals surface area contributed by atoms with Crippen molar-refractivity contribution >= 4 is 51.7 Å². The predicted octanol–water partition coefficient (Wildman–Crippen LogP) is 5.70. The van der Waals surface area contributed by atoms with Crippen LogP contribution < -0.4 is 10.2 Å². The molecule has 2 aromatic carbocycles. The molecule has 42 heavy (non-hydrogen) atoms. The maximum atomic E-state index is 13.4. The highest BCUT2D eigenvalue weighted by Gasteiger charge is 2.22. The summed E-state index contributed by atoms with van der Waals surface area (Å²) < 4.78 is 1.98. The molecule has 0 bridgehead atoms. The Labute approximate surface area is 247 Å². The normalized spacial score (nSPS) is 13.1. The molecule has 0 aliphatic carbocycles. The first-order valence-electron chi connectivity index (χ1n) is 13.9. The lowest BCUT2D eigenvalue weighted by Crippen LogP contribution is -2.26. The van der Waals surface area contributed by atoms with Gasteiger partial charge in [-0.05, 0) is 67.4 Å². The van der Waals surface area contributed by atoms with E-state index in [1.165, 1.54) is 11.3 Å². The number of hydrogen-bond donors (Lipinski definition) is 1. The number of carbonyl (C=O) groups is 3. The molecule has 10 heteroatoms. The van der Waals surface area contributed by atoms with Gasteiger partial charge in [0, 0.05) is 50.6 Å². The fourth-order valence-electron chi connectivity index (χ4n) is 5.17. The van der Waals surface area contributed by atoms with E-state index in [1.807, 2.05) is 70.1 Å². The van der Waals surface area contributed by atoms with Crippen molar-refractivity contribution in [2.75, 3.05) is 30.4 Å². The van der Waals surface area contributed by atoms with Crippen LogP contribution in [0.15, 0.2) is 85.1 Å². The van der Waals surface area contributed by atoms with E-state index < -0.39 is 0 Å². The van der Waals surface area contributed by atoms with Crippen molar-refractivity contribution in [2.45, 2.75) is 25.8 Å². The van der Waals surface area contributed by atoms with E-state index in [0.29, 0.717) is 47.1 Å². The Bertz CT molecular complexity index is 1750. The van der Waals surface area contributed by atoms with E-state index in [-0.39, 0.29) is 17.7 Å². The van der Waals surface area contributed by atoms with Crippen molar-refractivity contribution in [1.82, 2.24) is 19.4 Å². The van der Waals surface area contributed by atoms with Gasteiger partial charge in [0.05, 0.1) is 26.5 Å². The molecule has 1 aliphatic rings. The molecule has 5 aromatic rings. The molecule has 212 valence electrons. The first-order valence-corrected chi connectivity index (χ1v) is 14.7. The zero-order valence-electron chi connectivity index (χ0n) is 23.2. The summed E-state index contributed by atoms with van der Waals surface area (Å²) in [7, 11) is 1.74. The van der Waals surface area contributed by atoms with Gasteiger partial charge in [0.1, 0.15) is 0 Å². The Hall–Kier alpha value is -4.83. The monoisotopic (exact) mass is 578 g/mol. The fraction of sp³-hybridized carbons (Fsp3) is 0.219. The first-order chi connectivity index (χ1) is 20.5. The van der Waals surface area contributed by atoms with Gasteiger partial charge >= 0.3 is 0 Å². The van der Waals surface area contributed by atoms with Crippen LogP contribution >= 0.6 is 11.3 Å². The SMILES string of the molecule is CN(C(=O)c1ccccc1)c1ccc2c(c1)nc(NC(=O)c1ccc(-c3ccccn3)s1)n2CCCN1CCCC1=O. The molecule has 4 heterocycles. The number of benzene rings is 2. The highest BCUT2D eigenvalue weighted by Crippen LogP contribution is 2.29. The van der Waals surface area contributed by atoms with Crippen LogP contribution in [0.2, 0.25) is 0 Å². The quantitative estimate of drug-likeness (QED) is 0.242. The fourth-order valence-corrected chi connectivity index (χ4v) is 6.05. The van der Waals surface area contributed by atoms with Crippen molar-refractivity contribution in [3.8, 4) is 10.6 Å². The lowest BCUT2D eigenvalue weighted by atomic mass is 10.2. The Morgan fingerprint density at radius 3 is 2.60 bits per heavy atom. The van der Waals surface area contributed by atoms with Gasteiger partial charge in [-0.15, -0.1) is 11.3 Å². The Kier molecular flexibility index (Phi) is 7.78. The summed E-state index contributed by atoms with van der Waals surface area (Å²) in [6.45, 7) is 2.00. The number of amides is 3. The van der Waals surface area contributed by atoms with E-state index in [0.717, 1.165) is 35.5 Å². The number of carbonyl (C=O) groups excluding carboxylic acids is 3. The van der Waals surface area contributed by atoms with Crippen LogP contribution in [0.25, 0.3) is 21.6 Å². The average molecular weight is 579 g/mol. The number of rotatable bonds is 9. The number of nitrogens with one attached hydrogen (secondary N) is 1. The molecule has 6 rings (SSSR count). The number of fused-ring (bicyclic) bond motifs is 1. The van der Waals surface area contributed by atoms with Crippen LogP contribution in [0.4, 0.5) is 11.6 Å². The largest absolute Gasteiger partial charge is 0.343 e. The van der Waals surface area contributed by atoms with Gasteiger partial charge in [-0.1, -0.05) is 24.3 Å². The molecular weight excluding hydrogens is 548 g/mol. The number of likely N-dealkylation sites (tertiary alicyclic amines) is 1. The van der Waals surface area contributed by atoms with Crippen LogP contribution in [0.5, 0.6) is 0 Å². The highest BCUT2D eigenvalue weighted by molar-refractivity contribution is 7.17. The van der Waals surface area contributed by atoms with Crippen LogP contribution in [-0.4, -0.2) is 57.3 Å². The third-order valence-corrected chi connectivity index (χ3v) is 8.50. The highest BCUT2D eigenvalue weighted by atomic mass is 32.1. The molecular formula is C32H30N6O3S. The minimum absolute atomic E-state index is 0.125. The summed E-state index contributed by atoms with van der Waals surface area (Å²) >= 11 is 1.37. The third-order valence-electron chi connectivity index (χ3n) is 7.40. The van der Waals surface area contributed by atoms with Gasteiger partial charge in [0.2, 0.25) is 11.9 Å². The molecule has 0 spiro atoms. The van der Waals surface area contributed by atoms with Crippen LogP contribution in [0.3, 0.4) is 0 Å². The summed E-state index contributed by atoms with van der Waals surface area (Å²) in [6.07, 6.45) is 3.95. The number of hydrogen-bond acceptors (Lipinski definition) is 6. The standard InChI is InChI=1S/C32H30N6O3S/c1-36(31(41)22-9-3-2-4-10-22)23-13-14-26-25(21-23)34-32(38(26)20-8-19-37-18-7-12-29(37)39)35-30(40)28-16-15-27(42-28)24-11-5-6-17-33-24/h2-6,9-11,13-17,21H,7-8,12,18-20H2,1H3,(H,34,35,40). The van der Waals surface area contributed by atoms with E-state index in [9.17, 15) is 14.4 Å². The molecule has 3 aromatic heterocycles. The molecule has 1 N–H and O–H groups in total. The smallest absolute Gasteiger partial charge is 0.268 e. The predicted molar refractivity (Wildman–Crippen MR) is 165 cm³/mol. The van der Waals surface area contributed by atoms with Crippen LogP contribution in [0.1, 0.15) is 39.3 Å². The molecule has 0 unspecified atom stereocenters. The van der Waals surface area contributed by atoms with E-state index in [1.54, 1.807) is 36.3 Å². The summed E-state index contributed by atoms with van der Waals surface area (Å²) in [6, 6.07) is 24.2. The molecule has 0 radical (unpaired) electrons. The average Bonchev–Trinajstić information content (AvgIpc) is 3.76. The van der Waals surface area contributed by atoms with E-state index in [4.69, 9.17) is 4.98 Å². The second-order valence-electron chi connectivity index (χ2n) is 10.2. The molecule has 0 saturated carbocycles. The maximum Gasteiger partial charge on any atom is 0.268 e. The number of aryl methyl sites for hydroxylation is 1. The Morgan fingerprint density at radius 2 is 1.83 bits per heavy atom. The number of nitrogens with zero attached hydrogens (tertiary/aromatic N) is 5. The lowest BCUT2D eigenvalue weighted by Gasteiger charge is -2.18. The van der Waals surface area contributed by atoms with Crippen molar-refractivity contribution in [3.63, 3.8) is 0 Å². The number of pyridine rings is 1. The van der Waals surface area contributed by atoms with Crippen LogP contribution in [-0.2, 0) is 11.3 Å². The van der Waals surface area contributed by atoms with Gasteiger partial charge in [-0.2, -0.15) is 0 Å². The number of thiophene rings is 1. The summed E-state index contributed by atoms with van der Waals surface area (Å²) in [5.74, 6) is 0.227. The minimum atomic E-state index is -0.259. The van der Waals surface area contributed by atoms with Crippen molar-refractivity contribution in [1.29, 1.82) is 0 Å². The van der Waals surface area contributed by atoms with E-state index in [2.05, 4.69) is 10.3 Å². The van der Waals surface area contributed by atoms with Gasteiger partial charge < -0.3 is 14.4 Å². The summed E-state index contributed by atoms with van der Waals surface area (Å²) in [5.41, 5.74) is 3.60. The topological polar surface area (TPSA) is 100 Å². The Balaban J connectivity index is 1.27. The van der Waals surface area contributed by atoms with Gasteiger partial charge in [-0.3, -0.25) is 24.7 Å². The molecule has 1 fully saturated rings. The molecule has 1 saturated heterocycles. The zero-order valence-corrected chi connectivity index (χ0v) is 24.0. The van der Waals surface area contributed by atoms with Gasteiger partial charge in [0.25, 0.3) is 11.8 Å². The molecule has 9 nitrogen and oxygen atoms in total. The lowest BCUT2D eigenvalue weighted by molar-refractivity contribution is -0.127. The van der Waals surface area contributed by atoms with Crippen molar-refractivity contribution < 1.29 is 14.4 Å². The number of imidazole rings is 1. The Morgan fingerprint density at radius 1 is 1.00 bits per heavy atom. The van der Waals surface area contributed by atoms with Crippen molar-refractivity contribution in [2.24, 2.45) is 0 Å². The maximum absolute atomic E-state index is 13.4. The number of aromatic nitrogens is 3. The summed E-state index contributed by atoms with van der Waals surface area (Å²) in [5, 5.41) is 3.01. The molecule has 1 aliphatic heterocycles. The molecule has 0 atom stereocenters. The zero-order chi connectivity index (χ0) is 29.1. The first kappa shape index (κ1) is 27.3. The second-order valence-corrected chi connectivity index (χ2v) is 11.2.